The third-order valence-corrected chi connectivity index (χ3v) is 11.1. The Hall–Kier alpha value is -3.39. The maximum absolute atomic E-state index is 14.3. The van der Waals surface area contributed by atoms with Gasteiger partial charge in [-0.05, 0) is 97.1 Å². The van der Waals surface area contributed by atoms with Gasteiger partial charge in [0.25, 0.3) is 0 Å². The average molecular weight is 630 g/mol. The molecular weight excluding hydrogens is 574 g/mol. The lowest BCUT2D eigenvalue weighted by Crippen LogP contribution is -2.58. The minimum atomic E-state index is -0.648. The van der Waals surface area contributed by atoms with E-state index in [4.69, 9.17) is 5.73 Å². The molecule has 0 aromatic heterocycles. The summed E-state index contributed by atoms with van der Waals surface area (Å²) in [5, 5.41) is 16.5. The van der Waals surface area contributed by atoms with E-state index in [1.165, 1.54) is 11.1 Å². The predicted octanol–water partition coefficient (Wildman–Crippen LogP) is 5.07. The number of nitrogens with two attached hydrogens (primary N) is 1. The van der Waals surface area contributed by atoms with Gasteiger partial charge >= 0.3 is 0 Å². The standard InChI is InChI=1S/C38H55N5O3/c1-6-11-34(39)40-17-10-18-41-35(45)32(20-25(2)3)42-36(46)38(28-12-8-7-9-13-28)23-29(38)24-43-19-16-37(5)26(4)33(43)21-27-14-15-30(44)22-31(27)37/h7-9,12-15,22,25-26,29,32-33,44H,6,10-11,16-21,23-24H2,1-5H3,(H2,39,40)(H,41,45)(H,42,46)/t26-,29-,32+,33+,37+,38+/m0/s1. The quantitative estimate of drug-likeness (QED) is 0.132. The van der Waals surface area contributed by atoms with Crippen LogP contribution in [0.25, 0.3) is 0 Å². The molecule has 0 radical (unpaired) electrons. The summed E-state index contributed by atoms with van der Waals surface area (Å²) in [5.41, 5.74) is 8.94. The molecule has 2 aliphatic carbocycles. The van der Waals surface area contributed by atoms with Crippen molar-refractivity contribution in [2.45, 2.75) is 102 Å². The lowest BCUT2D eigenvalue weighted by molar-refractivity contribution is -0.131. The summed E-state index contributed by atoms with van der Waals surface area (Å²) in [6, 6.07) is 15.8. The molecule has 2 bridgehead atoms. The number of phenols is 1. The maximum atomic E-state index is 14.3. The Bertz CT molecular complexity index is 1410. The Labute approximate surface area is 275 Å². The Morgan fingerprint density at radius 1 is 1.17 bits per heavy atom. The minimum absolute atomic E-state index is 0.0246. The molecule has 250 valence electrons. The second-order valence-corrected chi connectivity index (χ2v) is 14.7. The van der Waals surface area contributed by atoms with Crippen LogP contribution in [0.4, 0.5) is 0 Å². The topological polar surface area (TPSA) is 120 Å². The first-order valence-electron chi connectivity index (χ1n) is 17.5. The molecule has 46 heavy (non-hydrogen) atoms. The van der Waals surface area contributed by atoms with E-state index in [9.17, 15) is 14.7 Å². The van der Waals surface area contributed by atoms with Crippen LogP contribution in [0.15, 0.2) is 53.5 Å². The molecule has 8 heteroatoms. The molecule has 2 aromatic carbocycles. The molecule has 2 aromatic rings. The summed E-state index contributed by atoms with van der Waals surface area (Å²) in [6.07, 6.45) is 5.78. The Balaban J connectivity index is 1.29. The van der Waals surface area contributed by atoms with E-state index < -0.39 is 11.5 Å². The van der Waals surface area contributed by atoms with E-state index in [2.05, 4.69) is 73.3 Å². The van der Waals surface area contributed by atoms with Gasteiger partial charge in [-0.2, -0.15) is 0 Å². The number of rotatable bonds is 14. The lowest BCUT2D eigenvalue weighted by Gasteiger charge is -2.55. The van der Waals surface area contributed by atoms with Gasteiger partial charge in [0, 0.05) is 32.1 Å². The number of piperidine rings is 1. The van der Waals surface area contributed by atoms with Gasteiger partial charge in [0.2, 0.25) is 11.8 Å². The molecule has 1 aliphatic heterocycles. The largest absolute Gasteiger partial charge is 0.508 e. The van der Waals surface area contributed by atoms with Crippen molar-refractivity contribution in [3.63, 3.8) is 0 Å². The molecule has 2 amide bonds. The van der Waals surface area contributed by atoms with Crippen molar-refractivity contribution in [2.75, 3.05) is 26.2 Å². The number of nitrogens with zero attached hydrogens (tertiary/aromatic N) is 2. The van der Waals surface area contributed by atoms with Crippen LogP contribution in [0.2, 0.25) is 0 Å². The van der Waals surface area contributed by atoms with Gasteiger partial charge in [0.05, 0.1) is 11.3 Å². The number of nitrogens with one attached hydrogen (secondary N) is 2. The first kappa shape index (κ1) is 34.0. The van der Waals surface area contributed by atoms with E-state index in [-0.39, 0.29) is 29.1 Å². The number of aromatic hydroxyl groups is 1. The zero-order chi connectivity index (χ0) is 33.1. The molecule has 6 atom stereocenters. The fraction of sp³-hybridized carbons (Fsp3) is 0.605. The summed E-state index contributed by atoms with van der Waals surface area (Å²) in [5.74, 6) is 1.67. The number of phenolic OH excluding ortho intramolecular Hbond substituents is 1. The van der Waals surface area contributed by atoms with Crippen LogP contribution in [0, 0.1) is 17.8 Å². The van der Waals surface area contributed by atoms with E-state index in [1.807, 2.05) is 30.3 Å². The summed E-state index contributed by atoms with van der Waals surface area (Å²) in [4.78, 5) is 34.8. The number of carbonyl (C=O) groups is 2. The van der Waals surface area contributed by atoms with Gasteiger partial charge in [-0.3, -0.25) is 19.5 Å². The number of amidine groups is 1. The number of hydrogen-bond acceptors (Lipinski definition) is 5. The van der Waals surface area contributed by atoms with Crippen molar-refractivity contribution in [3.05, 3.63) is 65.2 Å². The molecule has 5 N–H and O–H groups in total. The molecule has 0 spiro atoms. The lowest BCUT2D eigenvalue weighted by atomic mass is 9.59. The van der Waals surface area contributed by atoms with Crippen LogP contribution in [0.3, 0.4) is 0 Å². The fourth-order valence-electron chi connectivity index (χ4n) is 8.22. The Morgan fingerprint density at radius 3 is 2.65 bits per heavy atom. The fourth-order valence-corrected chi connectivity index (χ4v) is 8.22. The molecule has 3 aliphatic rings. The summed E-state index contributed by atoms with van der Waals surface area (Å²) < 4.78 is 0. The highest BCUT2D eigenvalue weighted by Crippen LogP contribution is 2.57. The van der Waals surface area contributed by atoms with Crippen LogP contribution in [0.5, 0.6) is 5.75 Å². The van der Waals surface area contributed by atoms with Crippen LogP contribution < -0.4 is 16.4 Å². The maximum Gasteiger partial charge on any atom is 0.242 e. The average Bonchev–Trinajstić information content (AvgIpc) is 3.75. The molecule has 8 nitrogen and oxygen atoms in total. The summed E-state index contributed by atoms with van der Waals surface area (Å²) in [6.45, 7) is 13.8. The van der Waals surface area contributed by atoms with Crippen molar-refractivity contribution in [1.29, 1.82) is 0 Å². The second kappa shape index (κ2) is 14.2. The molecule has 5 rings (SSSR count). The third-order valence-electron chi connectivity index (χ3n) is 11.1. The van der Waals surface area contributed by atoms with Crippen molar-refractivity contribution in [2.24, 2.45) is 28.5 Å². The number of fused-ring (bicyclic) bond motifs is 4. The van der Waals surface area contributed by atoms with Crippen molar-refractivity contribution < 1.29 is 14.7 Å². The Kier molecular flexibility index (Phi) is 10.5. The zero-order valence-corrected chi connectivity index (χ0v) is 28.5. The molecule has 1 saturated heterocycles. The number of carbonyl (C=O) groups excluding carboxylic acids is 2. The predicted molar refractivity (Wildman–Crippen MR) is 185 cm³/mol. The van der Waals surface area contributed by atoms with Gasteiger partial charge in [0.1, 0.15) is 11.8 Å². The normalized spacial score (nSPS) is 28.0. The van der Waals surface area contributed by atoms with Gasteiger partial charge < -0.3 is 21.5 Å². The highest BCUT2D eigenvalue weighted by Gasteiger charge is 2.62. The minimum Gasteiger partial charge on any atom is -0.508 e. The molecule has 1 heterocycles. The number of hydrogen-bond donors (Lipinski definition) is 4. The number of aliphatic imine (C=N–C) groups is 1. The number of likely N-dealkylation sites (tertiary alicyclic amines) is 1. The Morgan fingerprint density at radius 2 is 1.93 bits per heavy atom. The third kappa shape index (κ3) is 6.97. The van der Waals surface area contributed by atoms with Crippen LogP contribution >= 0.6 is 0 Å². The van der Waals surface area contributed by atoms with E-state index >= 15 is 0 Å². The highest BCUT2D eigenvalue weighted by molar-refractivity contribution is 5.95. The summed E-state index contributed by atoms with van der Waals surface area (Å²) in [7, 11) is 0. The van der Waals surface area contributed by atoms with Gasteiger partial charge in [-0.15, -0.1) is 0 Å². The molecule has 2 fully saturated rings. The van der Waals surface area contributed by atoms with Gasteiger partial charge in [-0.25, -0.2) is 0 Å². The first-order valence-corrected chi connectivity index (χ1v) is 17.5. The zero-order valence-electron chi connectivity index (χ0n) is 28.5. The number of amides is 2. The SMILES string of the molecule is CCCC(N)=NCCCNC(=O)[C@@H](CC(C)C)NC(=O)[C@@]1(c2ccccc2)C[C@H]1CN1CC[C@@]2(C)c3cc(O)ccc3C[C@@H]1[C@@H]2C. The van der Waals surface area contributed by atoms with Gasteiger partial charge in [0.15, 0.2) is 0 Å². The molecule has 0 unspecified atom stereocenters. The van der Waals surface area contributed by atoms with Crippen LogP contribution in [-0.2, 0) is 26.8 Å². The second-order valence-electron chi connectivity index (χ2n) is 14.7. The van der Waals surface area contributed by atoms with E-state index in [1.54, 1.807) is 0 Å². The number of benzene rings is 2. The van der Waals surface area contributed by atoms with Crippen molar-refractivity contribution >= 4 is 17.6 Å². The van der Waals surface area contributed by atoms with E-state index in [0.29, 0.717) is 49.5 Å². The van der Waals surface area contributed by atoms with Crippen LogP contribution in [0.1, 0.15) is 89.8 Å². The van der Waals surface area contributed by atoms with E-state index in [0.717, 1.165) is 50.8 Å². The van der Waals surface area contributed by atoms with Gasteiger partial charge in [-0.1, -0.05) is 71.0 Å². The molecule has 1 saturated carbocycles. The molecular formula is C38H55N5O3. The van der Waals surface area contributed by atoms with Crippen LogP contribution in [-0.4, -0.2) is 65.9 Å². The smallest absolute Gasteiger partial charge is 0.242 e. The van der Waals surface area contributed by atoms with Crippen molar-refractivity contribution in [3.8, 4) is 5.75 Å². The first-order chi connectivity index (χ1) is 22.0. The summed E-state index contributed by atoms with van der Waals surface area (Å²) >= 11 is 0. The van der Waals surface area contributed by atoms with Crippen molar-refractivity contribution in [1.82, 2.24) is 15.5 Å². The monoisotopic (exact) mass is 629 g/mol. The highest BCUT2D eigenvalue weighted by atomic mass is 16.3.